The Morgan fingerprint density at radius 2 is 2.00 bits per heavy atom. The zero-order valence-electron chi connectivity index (χ0n) is 11.7. The van der Waals surface area contributed by atoms with Crippen molar-refractivity contribution < 1.29 is 34.7 Å². The van der Waals surface area contributed by atoms with E-state index in [9.17, 15) is 5.11 Å². The summed E-state index contributed by atoms with van der Waals surface area (Å²) in [5, 5.41) is 20.4. The molecule has 4 nitrogen and oxygen atoms in total. The van der Waals surface area contributed by atoms with Crippen molar-refractivity contribution in [1.29, 1.82) is 0 Å². The second kappa shape index (κ2) is 5.42. The monoisotopic (exact) mass is 303 g/mol. The van der Waals surface area contributed by atoms with Gasteiger partial charge in [0.25, 0.3) is 0 Å². The van der Waals surface area contributed by atoms with Crippen LogP contribution in [0.2, 0.25) is 0 Å². The molecule has 0 spiro atoms. The normalized spacial score (nSPS) is 10.9. The van der Waals surface area contributed by atoms with Gasteiger partial charge in [0.1, 0.15) is 5.52 Å². The molecule has 0 aliphatic heterocycles. The number of fused-ring (bicyclic) bond motifs is 3. The smallest absolute Gasteiger partial charge is 0.858 e. The van der Waals surface area contributed by atoms with Crippen molar-refractivity contribution in [3.63, 3.8) is 0 Å². The Hall–Kier alpha value is -1.40. The van der Waals surface area contributed by atoms with E-state index in [0.29, 0.717) is 10.9 Å². The van der Waals surface area contributed by atoms with Crippen LogP contribution in [0.4, 0.5) is 0 Å². The zero-order valence-corrected chi connectivity index (χ0v) is 14.5. The molecule has 0 aliphatic carbocycles. The number of aromatic nitrogens is 3. The Labute approximate surface area is 147 Å². The minimum absolute atomic E-state index is 0. The molecule has 0 bridgehead atoms. The quantitative estimate of drug-likeness (QED) is 0.466. The van der Waals surface area contributed by atoms with Gasteiger partial charge in [-0.15, -0.1) is 11.3 Å². The topological polar surface area (TPSA) is 53.8 Å². The fourth-order valence-corrected chi connectivity index (χ4v) is 3.03. The van der Waals surface area contributed by atoms with Gasteiger partial charge in [-0.2, -0.15) is 5.10 Å². The summed E-state index contributed by atoms with van der Waals surface area (Å²) < 4.78 is 1.46. The number of benzene rings is 1. The number of para-hydroxylation sites is 1. The molecule has 1 aromatic carbocycles. The van der Waals surface area contributed by atoms with Gasteiger partial charge in [-0.25, -0.2) is 4.68 Å². The second-order valence-corrected chi connectivity index (χ2v) is 5.79. The van der Waals surface area contributed by atoms with Gasteiger partial charge in [0.05, 0.1) is 11.2 Å². The molecule has 6 heteroatoms. The number of nitrogens with zero attached hydrogens (tertiary/aromatic N) is 3. The van der Waals surface area contributed by atoms with E-state index in [1.54, 1.807) is 17.5 Å². The summed E-state index contributed by atoms with van der Waals surface area (Å²) in [4.78, 5) is 5.49. The molecule has 0 aliphatic rings. The van der Waals surface area contributed by atoms with E-state index >= 15 is 0 Å². The molecule has 0 N–H and O–H groups in total. The number of thiophene rings is 1. The minimum atomic E-state index is -0.115. The molecule has 0 radical (unpaired) electrons. The summed E-state index contributed by atoms with van der Waals surface area (Å²) in [6.07, 6.45) is 1.61. The average molecular weight is 303 g/mol. The molecule has 0 fully saturated rings. The summed E-state index contributed by atoms with van der Waals surface area (Å²) in [7, 11) is 0. The third-order valence-corrected chi connectivity index (χ3v) is 4.18. The number of pyridine rings is 1. The van der Waals surface area contributed by atoms with Gasteiger partial charge in [-0.1, -0.05) is 18.2 Å². The summed E-state index contributed by atoms with van der Waals surface area (Å²) in [6.45, 7) is 2.01. The van der Waals surface area contributed by atoms with Crippen LogP contribution in [0, 0.1) is 6.92 Å². The first-order valence-corrected chi connectivity index (χ1v) is 7.11. The first-order chi connectivity index (χ1) is 9.74. The molecule has 0 saturated heterocycles. The number of rotatable bonds is 1. The van der Waals surface area contributed by atoms with Crippen molar-refractivity contribution in [3.05, 3.63) is 46.8 Å². The van der Waals surface area contributed by atoms with Crippen LogP contribution in [-0.2, 0) is 0 Å². The van der Waals surface area contributed by atoms with Crippen LogP contribution in [-0.4, -0.2) is 14.8 Å². The van der Waals surface area contributed by atoms with Crippen LogP contribution in [0.15, 0.2) is 41.9 Å². The molecular weight excluding hydrogens is 293 g/mol. The van der Waals surface area contributed by atoms with Gasteiger partial charge in [0.2, 0.25) is 0 Å². The number of hydrogen-bond acceptors (Lipinski definition) is 4. The van der Waals surface area contributed by atoms with Gasteiger partial charge in [-0.3, -0.25) is 4.98 Å². The molecular formula is C15H10N3NaOS. The van der Waals surface area contributed by atoms with Gasteiger partial charge in [-0.05, 0) is 19.1 Å². The van der Waals surface area contributed by atoms with E-state index < -0.39 is 0 Å². The Morgan fingerprint density at radius 1 is 1.19 bits per heavy atom. The molecule has 4 aromatic rings. The van der Waals surface area contributed by atoms with E-state index in [-0.39, 0.29) is 35.4 Å². The van der Waals surface area contributed by atoms with Gasteiger partial charge >= 0.3 is 29.6 Å². The standard InChI is InChI=1S/C15H11N3OS.Na/c1-9-6-10(8-20-9)18-15(19)12-7-16-13-5-3-2-4-11(13)14(12)17-18;/h2-8,19H,1H3;/q;+1/p-1. The summed E-state index contributed by atoms with van der Waals surface area (Å²) in [5.74, 6) is -0.115. The maximum absolute atomic E-state index is 12.4. The van der Waals surface area contributed by atoms with Crippen LogP contribution in [0.25, 0.3) is 27.5 Å². The molecule has 4 rings (SSSR count). The van der Waals surface area contributed by atoms with Crippen molar-refractivity contribution in [2.45, 2.75) is 6.92 Å². The van der Waals surface area contributed by atoms with Crippen LogP contribution in [0.1, 0.15) is 4.88 Å². The number of aryl methyl sites for hydroxylation is 1. The van der Waals surface area contributed by atoms with Crippen LogP contribution in [0.5, 0.6) is 5.88 Å². The SMILES string of the molecule is Cc1cc(-n2nc3c(cnc4ccccc43)c2[O-])cs1.[Na+]. The first-order valence-electron chi connectivity index (χ1n) is 6.23. The first kappa shape index (κ1) is 14.5. The fourth-order valence-electron chi connectivity index (χ4n) is 2.37. The van der Waals surface area contributed by atoms with Gasteiger partial charge in [0.15, 0.2) is 0 Å². The maximum atomic E-state index is 12.4. The Kier molecular flexibility index (Phi) is 3.75. The molecule has 0 saturated carbocycles. The predicted octanol–water partition coefficient (Wildman–Crippen LogP) is 0.0212. The summed E-state index contributed by atoms with van der Waals surface area (Å²) >= 11 is 1.61. The van der Waals surface area contributed by atoms with Crippen molar-refractivity contribution in [1.82, 2.24) is 14.8 Å². The van der Waals surface area contributed by atoms with Crippen LogP contribution < -0.4 is 34.7 Å². The van der Waals surface area contributed by atoms with Gasteiger partial charge in [0, 0.05) is 33.1 Å². The average Bonchev–Trinajstić information content (AvgIpc) is 3.03. The molecule has 0 atom stereocenters. The molecule has 3 heterocycles. The second-order valence-electron chi connectivity index (χ2n) is 4.67. The van der Waals surface area contributed by atoms with E-state index in [1.807, 2.05) is 42.6 Å². The Balaban J connectivity index is 0.00000132. The van der Waals surface area contributed by atoms with E-state index in [1.165, 1.54) is 4.68 Å². The number of hydrogen-bond donors (Lipinski definition) is 0. The molecule has 0 unspecified atom stereocenters. The van der Waals surface area contributed by atoms with Crippen LogP contribution in [0.3, 0.4) is 0 Å². The van der Waals surface area contributed by atoms with E-state index in [4.69, 9.17) is 0 Å². The van der Waals surface area contributed by atoms with Crippen molar-refractivity contribution in [2.75, 3.05) is 0 Å². The van der Waals surface area contributed by atoms with Crippen LogP contribution >= 0.6 is 11.3 Å². The summed E-state index contributed by atoms with van der Waals surface area (Å²) in [5.41, 5.74) is 2.38. The predicted molar refractivity (Wildman–Crippen MR) is 78.4 cm³/mol. The largest absolute Gasteiger partial charge is 1.00 e. The maximum Gasteiger partial charge on any atom is 1.00 e. The minimum Gasteiger partial charge on any atom is -0.858 e. The fraction of sp³-hybridized carbons (Fsp3) is 0.0667. The zero-order chi connectivity index (χ0) is 13.7. The van der Waals surface area contributed by atoms with E-state index in [2.05, 4.69) is 10.1 Å². The molecule has 3 aromatic heterocycles. The third-order valence-electron chi connectivity index (χ3n) is 3.33. The van der Waals surface area contributed by atoms with Gasteiger partial charge < -0.3 is 5.11 Å². The van der Waals surface area contributed by atoms with Crippen molar-refractivity contribution in [3.8, 4) is 11.6 Å². The molecule has 0 amide bonds. The van der Waals surface area contributed by atoms with E-state index in [0.717, 1.165) is 21.5 Å². The summed E-state index contributed by atoms with van der Waals surface area (Å²) in [6, 6.07) is 9.70. The van der Waals surface area contributed by atoms with Crippen molar-refractivity contribution >= 4 is 33.1 Å². The Bertz CT molecular complexity index is 945. The van der Waals surface area contributed by atoms with Crippen molar-refractivity contribution in [2.24, 2.45) is 0 Å². The Morgan fingerprint density at radius 3 is 2.76 bits per heavy atom. The molecule has 21 heavy (non-hydrogen) atoms. The third kappa shape index (κ3) is 2.26. The molecule has 98 valence electrons.